The van der Waals surface area contributed by atoms with Gasteiger partial charge >= 0.3 is 0 Å². The SMILES string of the molecule is Cc1cccc(F)c1NC(C)c1csc(Cl)c1. The molecule has 90 valence electrons. The lowest BCUT2D eigenvalue weighted by Gasteiger charge is -2.16. The molecule has 0 amide bonds. The molecule has 1 aromatic carbocycles. The van der Waals surface area contributed by atoms with E-state index < -0.39 is 0 Å². The van der Waals surface area contributed by atoms with Crippen LogP contribution in [0, 0.1) is 12.7 Å². The Hall–Kier alpha value is -1.06. The lowest BCUT2D eigenvalue weighted by molar-refractivity contribution is 0.626. The van der Waals surface area contributed by atoms with Crippen molar-refractivity contribution < 1.29 is 4.39 Å². The van der Waals surface area contributed by atoms with E-state index >= 15 is 0 Å². The van der Waals surface area contributed by atoms with Crippen molar-refractivity contribution >= 4 is 28.6 Å². The zero-order valence-electron chi connectivity index (χ0n) is 9.63. The minimum absolute atomic E-state index is 0.0364. The molecule has 0 spiro atoms. The van der Waals surface area contributed by atoms with Crippen molar-refractivity contribution in [1.82, 2.24) is 0 Å². The van der Waals surface area contributed by atoms with Crippen LogP contribution in [0.5, 0.6) is 0 Å². The van der Waals surface area contributed by atoms with Gasteiger partial charge in [0.1, 0.15) is 5.82 Å². The zero-order chi connectivity index (χ0) is 12.4. The van der Waals surface area contributed by atoms with Crippen molar-refractivity contribution in [3.63, 3.8) is 0 Å². The molecule has 0 bridgehead atoms. The lowest BCUT2D eigenvalue weighted by Crippen LogP contribution is -2.08. The van der Waals surface area contributed by atoms with E-state index in [9.17, 15) is 4.39 Å². The highest BCUT2D eigenvalue weighted by atomic mass is 35.5. The molecular weight excluding hydrogens is 257 g/mol. The minimum atomic E-state index is -0.224. The van der Waals surface area contributed by atoms with Gasteiger partial charge in [-0.1, -0.05) is 23.7 Å². The van der Waals surface area contributed by atoms with E-state index in [-0.39, 0.29) is 11.9 Å². The molecule has 4 heteroatoms. The summed E-state index contributed by atoms with van der Waals surface area (Å²) in [4.78, 5) is 0. The van der Waals surface area contributed by atoms with E-state index in [1.165, 1.54) is 17.4 Å². The lowest BCUT2D eigenvalue weighted by atomic mass is 10.1. The molecule has 0 fully saturated rings. The summed E-state index contributed by atoms with van der Waals surface area (Å²) in [5.74, 6) is -0.224. The van der Waals surface area contributed by atoms with E-state index in [0.717, 1.165) is 15.5 Å². The average Bonchev–Trinajstić information content (AvgIpc) is 2.70. The maximum atomic E-state index is 13.6. The van der Waals surface area contributed by atoms with Crippen molar-refractivity contribution in [2.24, 2.45) is 0 Å². The van der Waals surface area contributed by atoms with Crippen LogP contribution < -0.4 is 5.32 Å². The molecule has 1 atom stereocenters. The van der Waals surface area contributed by atoms with Crippen LogP contribution in [0.2, 0.25) is 4.34 Å². The highest BCUT2D eigenvalue weighted by Gasteiger charge is 2.11. The molecule has 0 saturated carbocycles. The Morgan fingerprint density at radius 2 is 2.18 bits per heavy atom. The molecule has 1 unspecified atom stereocenters. The number of aryl methyl sites for hydroxylation is 1. The second kappa shape index (κ2) is 5.07. The Balaban J connectivity index is 2.21. The first-order valence-corrected chi connectivity index (χ1v) is 6.59. The van der Waals surface area contributed by atoms with Crippen molar-refractivity contribution in [2.45, 2.75) is 19.9 Å². The Morgan fingerprint density at radius 3 is 2.76 bits per heavy atom. The molecular formula is C13H13ClFNS. The van der Waals surface area contributed by atoms with Gasteiger partial charge in [0.05, 0.1) is 10.0 Å². The third-order valence-electron chi connectivity index (χ3n) is 2.67. The summed E-state index contributed by atoms with van der Waals surface area (Å²) in [7, 11) is 0. The fourth-order valence-corrected chi connectivity index (χ4v) is 2.65. The topological polar surface area (TPSA) is 12.0 Å². The summed E-state index contributed by atoms with van der Waals surface area (Å²) in [6, 6.07) is 7.00. The maximum Gasteiger partial charge on any atom is 0.146 e. The fourth-order valence-electron chi connectivity index (χ4n) is 1.67. The van der Waals surface area contributed by atoms with Gasteiger partial charge in [-0.05, 0) is 42.5 Å². The maximum absolute atomic E-state index is 13.6. The number of halogens is 2. The van der Waals surface area contributed by atoms with Crippen LogP contribution in [-0.2, 0) is 0 Å². The van der Waals surface area contributed by atoms with Crippen LogP contribution in [0.4, 0.5) is 10.1 Å². The highest BCUT2D eigenvalue weighted by molar-refractivity contribution is 7.14. The molecule has 1 heterocycles. The van der Waals surface area contributed by atoms with Crippen molar-refractivity contribution in [3.05, 3.63) is 50.9 Å². The molecule has 2 aromatic rings. The summed E-state index contributed by atoms with van der Waals surface area (Å²) in [6.07, 6.45) is 0. The number of nitrogens with one attached hydrogen (secondary N) is 1. The normalized spacial score (nSPS) is 12.5. The van der Waals surface area contributed by atoms with Crippen LogP contribution in [0.25, 0.3) is 0 Å². The molecule has 1 nitrogen and oxygen atoms in total. The van der Waals surface area contributed by atoms with Crippen molar-refractivity contribution in [3.8, 4) is 0 Å². The van der Waals surface area contributed by atoms with Gasteiger partial charge in [-0.2, -0.15) is 0 Å². The van der Waals surface area contributed by atoms with E-state index in [4.69, 9.17) is 11.6 Å². The first-order chi connectivity index (χ1) is 8.08. The molecule has 1 N–H and O–H groups in total. The fraction of sp³-hybridized carbons (Fsp3) is 0.231. The standard InChI is InChI=1S/C13H13ClFNS/c1-8-4-3-5-11(15)13(8)16-9(2)10-6-12(14)17-7-10/h3-7,9,16H,1-2H3. The zero-order valence-corrected chi connectivity index (χ0v) is 11.2. The predicted molar refractivity (Wildman–Crippen MR) is 72.5 cm³/mol. The number of para-hydroxylation sites is 1. The Kier molecular flexibility index (Phi) is 3.69. The van der Waals surface area contributed by atoms with Gasteiger partial charge < -0.3 is 5.32 Å². The molecule has 0 aliphatic carbocycles. The van der Waals surface area contributed by atoms with Crippen molar-refractivity contribution in [1.29, 1.82) is 0 Å². The second-order valence-electron chi connectivity index (χ2n) is 3.98. The molecule has 17 heavy (non-hydrogen) atoms. The monoisotopic (exact) mass is 269 g/mol. The largest absolute Gasteiger partial charge is 0.376 e. The van der Waals surface area contributed by atoms with Crippen LogP contribution in [0.1, 0.15) is 24.1 Å². The summed E-state index contributed by atoms with van der Waals surface area (Å²) < 4.78 is 14.4. The third kappa shape index (κ3) is 2.79. The average molecular weight is 270 g/mol. The third-order valence-corrected chi connectivity index (χ3v) is 3.78. The van der Waals surface area contributed by atoms with E-state index in [2.05, 4.69) is 5.32 Å². The van der Waals surface area contributed by atoms with Crippen LogP contribution >= 0.6 is 22.9 Å². The smallest absolute Gasteiger partial charge is 0.146 e. The van der Waals surface area contributed by atoms with Gasteiger partial charge in [0.15, 0.2) is 0 Å². The number of hydrogen-bond acceptors (Lipinski definition) is 2. The quantitative estimate of drug-likeness (QED) is 0.825. The van der Waals surface area contributed by atoms with Gasteiger partial charge in [0.25, 0.3) is 0 Å². The van der Waals surface area contributed by atoms with Gasteiger partial charge in [-0.25, -0.2) is 4.39 Å². The molecule has 0 aliphatic heterocycles. The number of anilines is 1. The molecule has 2 rings (SSSR count). The Labute approximate surface area is 109 Å². The number of benzene rings is 1. The van der Waals surface area contributed by atoms with Gasteiger partial charge in [0, 0.05) is 6.04 Å². The van der Waals surface area contributed by atoms with Gasteiger partial charge in [-0.15, -0.1) is 11.3 Å². The van der Waals surface area contributed by atoms with Crippen LogP contribution in [0.3, 0.4) is 0 Å². The van der Waals surface area contributed by atoms with E-state index in [1.807, 2.05) is 31.4 Å². The number of hydrogen-bond donors (Lipinski definition) is 1. The Morgan fingerprint density at radius 1 is 1.41 bits per heavy atom. The molecule has 0 saturated heterocycles. The summed E-state index contributed by atoms with van der Waals surface area (Å²) >= 11 is 7.37. The first-order valence-electron chi connectivity index (χ1n) is 5.33. The van der Waals surface area contributed by atoms with E-state index in [1.54, 1.807) is 6.07 Å². The number of rotatable bonds is 3. The van der Waals surface area contributed by atoms with Crippen LogP contribution in [-0.4, -0.2) is 0 Å². The summed E-state index contributed by atoms with van der Waals surface area (Å²) in [5, 5.41) is 5.16. The van der Waals surface area contributed by atoms with Crippen LogP contribution in [0.15, 0.2) is 29.6 Å². The summed E-state index contributed by atoms with van der Waals surface area (Å²) in [6.45, 7) is 3.88. The van der Waals surface area contributed by atoms with E-state index in [0.29, 0.717) is 5.69 Å². The minimum Gasteiger partial charge on any atom is -0.376 e. The molecule has 0 radical (unpaired) electrons. The summed E-state index contributed by atoms with van der Waals surface area (Å²) in [5.41, 5.74) is 2.53. The van der Waals surface area contributed by atoms with Crippen molar-refractivity contribution in [2.75, 3.05) is 5.32 Å². The first kappa shape index (κ1) is 12.4. The van der Waals surface area contributed by atoms with Gasteiger partial charge in [0.2, 0.25) is 0 Å². The highest BCUT2D eigenvalue weighted by Crippen LogP contribution is 2.29. The molecule has 0 aliphatic rings. The predicted octanol–water partition coefficient (Wildman–Crippen LogP) is 5.02. The number of thiophene rings is 1. The Bertz CT molecular complexity index is 504. The molecule has 1 aromatic heterocycles. The van der Waals surface area contributed by atoms with Gasteiger partial charge in [-0.3, -0.25) is 0 Å². The second-order valence-corrected chi connectivity index (χ2v) is 5.52.